The first-order valence-electron chi connectivity index (χ1n) is 7.94. The molecule has 0 radical (unpaired) electrons. The van der Waals surface area contributed by atoms with E-state index in [1.807, 2.05) is 55.5 Å². The highest BCUT2D eigenvalue weighted by Crippen LogP contribution is 2.41. The lowest BCUT2D eigenvalue weighted by Gasteiger charge is -2.20. The molecule has 4 nitrogen and oxygen atoms in total. The highest BCUT2D eigenvalue weighted by molar-refractivity contribution is 5.90. The van der Waals surface area contributed by atoms with E-state index >= 15 is 0 Å². The van der Waals surface area contributed by atoms with E-state index in [1.54, 1.807) is 7.11 Å². The molecule has 1 aliphatic rings. The number of anilines is 1. The molecule has 0 bridgehead atoms. The van der Waals surface area contributed by atoms with Crippen LogP contribution < -0.4 is 15.4 Å². The minimum absolute atomic E-state index is 0.0462. The van der Waals surface area contributed by atoms with Crippen LogP contribution in [0, 0.1) is 12.8 Å². The summed E-state index contributed by atoms with van der Waals surface area (Å²) in [6.07, 6.45) is 2.31. The maximum absolute atomic E-state index is 12.4. The number of carbonyl (C=O) groups is 1. The Kier molecular flexibility index (Phi) is 4.51. The topological polar surface area (TPSA) is 50.4 Å². The van der Waals surface area contributed by atoms with E-state index in [9.17, 15) is 4.79 Å². The van der Waals surface area contributed by atoms with Crippen LogP contribution in [-0.4, -0.2) is 13.1 Å². The van der Waals surface area contributed by atoms with Crippen LogP contribution in [-0.2, 0) is 0 Å². The Morgan fingerprint density at radius 2 is 1.83 bits per heavy atom. The van der Waals surface area contributed by atoms with Crippen molar-refractivity contribution < 1.29 is 9.53 Å². The van der Waals surface area contributed by atoms with Gasteiger partial charge >= 0.3 is 6.03 Å². The van der Waals surface area contributed by atoms with E-state index in [-0.39, 0.29) is 12.1 Å². The first kappa shape index (κ1) is 15.4. The lowest BCUT2D eigenvalue weighted by atomic mass is 10.0. The molecule has 0 aliphatic heterocycles. The van der Waals surface area contributed by atoms with E-state index in [2.05, 4.69) is 10.6 Å². The number of benzene rings is 2. The van der Waals surface area contributed by atoms with Gasteiger partial charge in [-0.25, -0.2) is 4.79 Å². The lowest BCUT2D eigenvalue weighted by molar-refractivity contribution is 0.247. The molecular formula is C19H22N2O2. The molecule has 2 N–H and O–H groups in total. The predicted octanol–water partition coefficient (Wildman–Crippen LogP) is 4.28. The smallest absolute Gasteiger partial charge is 0.319 e. The van der Waals surface area contributed by atoms with Crippen LogP contribution in [0.25, 0.3) is 0 Å². The molecule has 23 heavy (non-hydrogen) atoms. The van der Waals surface area contributed by atoms with E-state index in [0.29, 0.717) is 5.92 Å². The molecule has 120 valence electrons. The van der Waals surface area contributed by atoms with Crippen LogP contribution >= 0.6 is 0 Å². The number of ether oxygens (including phenoxy) is 1. The van der Waals surface area contributed by atoms with Crippen molar-refractivity contribution in [2.75, 3.05) is 12.4 Å². The number of aryl methyl sites for hydroxylation is 1. The fourth-order valence-corrected chi connectivity index (χ4v) is 2.73. The van der Waals surface area contributed by atoms with E-state index in [1.165, 1.54) is 0 Å². The Hall–Kier alpha value is -2.49. The molecule has 2 aromatic carbocycles. The van der Waals surface area contributed by atoms with Crippen molar-refractivity contribution in [3.8, 4) is 5.75 Å². The summed E-state index contributed by atoms with van der Waals surface area (Å²) < 4.78 is 5.20. The quantitative estimate of drug-likeness (QED) is 0.866. The molecule has 2 amide bonds. The highest BCUT2D eigenvalue weighted by atomic mass is 16.5. The molecule has 4 heteroatoms. The third kappa shape index (κ3) is 3.83. The van der Waals surface area contributed by atoms with Gasteiger partial charge < -0.3 is 15.4 Å². The number of nitrogens with one attached hydrogen (secondary N) is 2. The van der Waals surface area contributed by atoms with Crippen molar-refractivity contribution >= 4 is 11.7 Å². The fourth-order valence-electron chi connectivity index (χ4n) is 2.73. The highest BCUT2D eigenvalue weighted by Gasteiger charge is 2.33. The molecule has 1 saturated carbocycles. The average Bonchev–Trinajstić information content (AvgIpc) is 3.40. The normalized spacial score (nSPS) is 14.9. The Morgan fingerprint density at radius 3 is 2.43 bits per heavy atom. The summed E-state index contributed by atoms with van der Waals surface area (Å²) in [5, 5.41) is 6.06. The summed E-state index contributed by atoms with van der Waals surface area (Å²) >= 11 is 0. The zero-order chi connectivity index (χ0) is 16.2. The van der Waals surface area contributed by atoms with Crippen LogP contribution in [0.3, 0.4) is 0 Å². The van der Waals surface area contributed by atoms with Gasteiger partial charge in [-0.15, -0.1) is 0 Å². The second-order valence-electron chi connectivity index (χ2n) is 6.00. The minimum atomic E-state index is -0.160. The lowest BCUT2D eigenvalue weighted by Crippen LogP contribution is -2.33. The summed E-state index contributed by atoms with van der Waals surface area (Å²) in [5.74, 6) is 1.35. The number of amides is 2. The van der Waals surface area contributed by atoms with E-state index < -0.39 is 0 Å². The molecule has 1 fully saturated rings. The molecular weight excluding hydrogens is 288 g/mol. The number of methoxy groups -OCH3 is 1. The number of rotatable bonds is 5. The summed E-state index contributed by atoms with van der Waals surface area (Å²) in [7, 11) is 1.65. The fraction of sp³-hybridized carbons (Fsp3) is 0.316. The minimum Gasteiger partial charge on any atom is -0.497 e. The van der Waals surface area contributed by atoms with Crippen LogP contribution in [0.15, 0.2) is 48.5 Å². The summed E-state index contributed by atoms with van der Waals surface area (Å²) in [4.78, 5) is 12.4. The monoisotopic (exact) mass is 310 g/mol. The van der Waals surface area contributed by atoms with Gasteiger partial charge in [-0.1, -0.05) is 30.3 Å². The number of hydrogen-bond donors (Lipinski definition) is 2. The van der Waals surface area contributed by atoms with Crippen LogP contribution in [0.4, 0.5) is 10.5 Å². The second-order valence-corrected chi connectivity index (χ2v) is 6.00. The molecule has 1 atom stereocenters. The molecule has 0 heterocycles. The Balaban J connectivity index is 1.69. The zero-order valence-electron chi connectivity index (χ0n) is 13.5. The van der Waals surface area contributed by atoms with Gasteiger partial charge in [0.05, 0.1) is 13.2 Å². The van der Waals surface area contributed by atoms with Crippen molar-refractivity contribution in [1.29, 1.82) is 0 Å². The van der Waals surface area contributed by atoms with E-state index in [0.717, 1.165) is 35.4 Å². The largest absolute Gasteiger partial charge is 0.497 e. The Labute approximate surface area is 136 Å². The predicted molar refractivity (Wildman–Crippen MR) is 91.8 cm³/mol. The Morgan fingerprint density at radius 1 is 1.13 bits per heavy atom. The third-order valence-corrected chi connectivity index (χ3v) is 4.25. The first-order chi connectivity index (χ1) is 11.2. The van der Waals surface area contributed by atoms with Crippen molar-refractivity contribution in [3.63, 3.8) is 0 Å². The molecule has 0 saturated heterocycles. The van der Waals surface area contributed by atoms with Gasteiger partial charge in [0.2, 0.25) is 0 Å². The zero-order valence-corrected chi connectivity index (χ0v) is 13.5. The Bertz CT molecular complexity index is 678. The van der Waals surface area contributed by atoms with Gasteiger partial charge in [0.1, 0.15) is 5.75 Å². The van der Waals surface area contributed by atoms with E-state index in [4.69, 9.17) is 4.74 Å². The van der Waals surface area contributed by atoms with Gasteiger partial charge in [0, 0.05) is 5.69 Å². The number of carbonyl (C=O) groups excluding carboxylic acids is 1. The standard InChI is InChI=1S/C19H22N2O2/c1-13-5-3-4-6-17(13)20-19(22)21-18(14-7-8-14)15-9-11-16(23-2)12-10-15/h3-6,9-12,14,18H,7-8H2,1-2H3,(H2,20,21,22). The number of para-hydroxylation sites is 1. The third-order valence-electron chi connectivity index (χ3n) is 4.25. The molecule has 1 aliphatic carbocycles. The summed E-state index contributed by atoms with van der Waals surface area (Å²) in [6, 6.07) is 15.6. The van der Waals surface area contributed by atoms with Gasteiger partial charge in [-0.3, -0.25) is 0 Å². The van der Waals surface area contributed by atoms with Crippen molar-refractivity contribution in [3.05, 3.63) is 59.7 Å². The number of hydrogen-bond acceptors (Lipinski definition) is 2. The van der Waals surface area contributed by atoms with Gasteiger partial charge in [0.25, 0.3) is 0 Å². The number of urea groups is 1. The van der Waals surface area contributed by atoms with Crippen LogP contribution in [0.5, 0.6) is 5.75 Å². The van der Waals surface area contributed by atoms with Crippen LogP contribution in [0.1, 0.15) is 30.0 Å². The molecule has 1 unspecified atom stereocenters. The SMILES string of the molecule is COc1ccc(C(NC(=O)Nc2ccccc2C)C2CC2)cc1. The van der Waals surface area contributed by atoms with Gasteiger partial charge in [-0.05, 0) is 55.0 Å². The van der Waals surface area contributed by atoms with Crippen molar-refractivity contribution in [2.24, 2.45) is 5.92 Å². The second kappa shape index (κ2) is 6.73. The van der Waals surface area contributed by atoms with Crippen molar-refractivity contribution in [2.45, 2.75) is 25.8 Å². The van der Waals surface area contributed by atoms with Gasteiger partial charge in [-0.2, -0.15) is 0 Å². The van der Waals surface area contributed by atoms with Crippen LogP contribution in [0.2, 0.25) is 0 Å². The first-order valence-corrected chi connectivity index (χ1v) is 7.94. The maximum Gasteiger partial charge on any atom is 0.319 e. The summed E-state index contributed by atoms with van der Waals surface area (Å²) in [5.41, 5.74) is 3.01. The molecule has 0 aromatic heterocycles. The summed E-state index contributed by atoms with van der Waals surface area (Å²) in [6.45, 7) is 1.98. The average molecular weight is 310 g/mol. The molecule has 3 rings (SSSR count). The maximum atomic E-state index is 12.4. The molecule has 0 spiro atoms. The van der Waals surface area contributed by atoms with Gasteiger partial charge in [0.15, 0.2) is 0 Å². The van der Waals surface area contributed by atoms with Crippen molar-refractivity contribution in [1.82, 2.24) is 5.32 Å². The molecule has 2 aromatic rings.